The lowest BCUT2D eigenvalue weighted by Crippen LogP contribution is -2.50. The quantitative estimate of drug-likeness (QED) is 0.222. The molecule has 0 aliphatic heterocycles. The number of nitrogens with one attached hydrogen (secondary N) is 1. The van der Waals surface area contributed by atoms with Crippen LogP contribution in [0.5, 0.6) is 0 Å². The van der Waals surface area contributed by atoms with E-state index < -0.39 is 0 Å². The molecule has 0 radical (unpaired) electrons. The van der Waals surface area contributed by atoms with Gasteiger partial charge in [-0.05, 0) is 105 Å². The van der Waals surface area contributed by atoms with Crippen molar-refractivity contribution in [2.45, 2.75) is 130 Å². The highest BCUT2D eigenvalue weighted by molar-refractivity contribution is 5.67. The van der Waals surface area contributed by atoms with Gasteiger partial charge in [-0.15, -0.1) is 0 Å². The summed E-state index contributed by atoms with van der Waals surface area (Å²) in [5.41, 5.74) is 2.46. The van der Waals surface area contributed by atoms with Gasteiger partial charge in [0.1, 0.15) is 6.10 Å². The molecule has 206 valence electrons. The number of carbonyl (C=O) groups is 1. The fourth-order valence-electron chi connectivity index (χ4n) is 9.06. The summed E-state index contributed by atoms with van der Waals surface area (Å²) in [6, 6.07) is 0. The molecule has 4 aliphatic carbocycles. The first-order chi connectivity index (χ1) is 17.3. The lowest BCUT2D eigenvalue weighted by molar-refractivity contribution is -0.0519. The number of alkyl carbamates (subject to hydrolysis) is 1. The van der Waals surface area contributed by atoms with Crippen LogP contribution in [0.15, 0.2) is 11.6 Å². The van der Waals surface area contributed by atoms with E-state index >= 15 is 0 Å². The first-order valence-electron chi connectivity index (χ1n) is 15.5. The summed E-state index contributed by atoms with van der Waals surface area (Å²) in [5, 5.41) is 11.8. The Labute approximate surface area is 221 Å². The average molecular weight is 502 g/mol. The van der Waals surface area contributed by atoms with Crippen LogP contribution in [-0.4, -0.2) is 30.5 Å². The van der Waals surface area contributed by atoms with E-state index in [1.165, 1.54) is 57.8 Å². The Balaban J connectivity index is 1.30. The Morgan fingerprint density at radius 2 is 1.86 bits per heavy atom. The molecule has 7 atom stereocenters. The van der Waals surface area contributed by atoms with Crippen molar-refractivity contribution in [3.05, 3.63) is 11.6 Å². The van der Waals surface area contributed by atoms with Gasteiger partial charge in [0.15, 0.2) is 0 Å². The lowest BCUT2D eigenvalue weighted by Gasteiger charge is -2.58. The molecule has 4 aliphatic rings. The number of unbranched alkanes of at least 4 members (excludes halogenated alkanes) is 3. The smallest absolute Gasteiger partial charge is 0.407 e. The molecule has 1 amide bonds. The van der Waals surface area contributed by atoms with Gasteiger partial charge >= 0.3 is 6.09 Å². The fraction of sp³-hybridized carbons (Fsp3) is 0.906. The summed E-state index contributed by atoms with van der Waals surface area (Å²) in [4.78, 5) is 12.4. The largest absolute Gasteiger partial charge is 0.446 e. The monoisotopic (exact) mass is 501 g/mol. The maximum atomic E-state index is 12.4. The first kappa shape index (κ1) is 28.0. The minimum Gasteiger partial charge on any atom is -0.446 e. The van der Waals surface area contributed by atoms with E-state index in [1.807, 2.05) is 0 Å². The van der Waals surface area contributed by atoms with Crippen LogP contribution in [0.2, 0.25) is 0 Å². The van der Waals surface area contributed by atoms with E-state index in [0.29, 0.717) is 17.4 Å². The van der Waals surface area contributed by atoms with E-state index in [4.69, 9.17) is 9.84 Å². The Morgan fingerprint density at radius 3 is 2.64 bits per heavy atom. The van der Waals surface area contributed by atoms with Crippen molar-refractivity contribution < 1.29 is 14.6 Å². The molecule has 4 nitrogen and oxygen atoms in total. The van der Waals surface area contributed by atoms with E-state index in [9.17, 15) is 4.79 Å². The molecule has 3 saturated carbocycles. The normalized spacial score (nSPS) is 37.6. The predicted molar refractivity (Wildman–Crippen MR) is 148 cm³/mol. The third kappa shape index (κ3) is 6.00. The summed E-state index contributed by atoms with van der Waals surface area (Å²) >= 11 is 0. The number of aliphatic hydroxyl groups is 1. The van der Waals surface area contributed by atoms with Crippen LogP contribution >= 0.6 is 0 Å². The SMILES string of the molecule is CC(C)CCCC1CCC2C3CC=C4C[C@H](OC(=O)NCCCCCCO)CC[C@@]4(C)C3CC[C@@]12C. The van der Waals surface area contributed by atoms with Gasteiger partial charge in [-0.1, -0.05) is 65.0 Å². The standard InChI is InChI=1S/C32H55NO3/c1-23(2)10-9-11-24-13-15-28-27-14-12-25-22-26(36-30(35)33-20-7-5-6-8-21-34)16-18-32(25,4)29(27)17-19-31(24,28)3/h12,23-24,26-29,34H,5-11,13-22H2,1-4H3,(H,33,35)/t24?,26-,27?,28?,29?,31+,32-/m1/s1. The molecule has 4 unspecified atom stereocenters. The highest BCUT2D eigenvalue weighted by Gasteiger charge is 2.58. The van der Waals surface area contributed by atoms with E-state index in [2.05, 4.69) is 39.1 Å². The molecule has 4 rings (SSSR count). The second-order valence-electron chi connectivity index (χ2n) is 13.7. The van der Waals surface area contributed by atoms with Crippen molar-refractivity contribution in [2.75, 3.05) is 13.2 Å². The fourth-order valence-corrected chi connectivity index (χ4v) is 9.06. The van der Waals surface area contributed by atoms with E-state index in [-0.39, 0.29) is 18.8 Å². The maximum Gasteiger partial charge on any atom is 0.407 e. The average Bonchev–Trinajstić information content (AvgIpc) is 3.17. The third-order valence-electron chi connectivity index (χ3n) is 11.2. The second-order valence-corrected chi connectivity index (χ2v) is 13.7. The Bertz CT molecular complexity index is 762. The number of fused-ring (bicyclic) bond motifs is 5. The number of hydrogen-bond acceptors (Lipinski definition) is 3. The minimum absolute atomic E-state index is 0.0286. The molecule has 0 aromatic carbocycles. The highest BCUT2D eigenvalue weighted by Crippen LogP contribution is 2.66. The molecule has 0 aromatic rings. The van der Waals surface area contributed by atoms with Crippen LogP contribution < -0.4 is 5.32 Å². The lowest BCUT2D eigenvalue weighted by atomic mass is 9.47. The Morgan fingerprint density at radius 1 is 1.06 bits per heavy atom. The van der Waals surface area contributed by atoms with Crippen LogP contribution in [0.3, 0.4) is 0 Å². The molecule has 36 heavy (non-hydrogen) atoms. The molecule has 3 fully saturated rings. The number of hydrogen-bond donors (Lipinski definition) is 2. The van der Waals surface area contributed by atoms with Gasteiger partial charge in [0, 0.05) is 19.6 Å². The van der Waals surface area contributed by atoms with Gasteiger partial charge in [0.2, 0.25) is 0 Å². The van der Waals surface area contributed by atoms with Gasteiger partial charge < -0.3 is 15.2 Å². The molecular weight excluding hydrogens is 446 g/mol. The number of allylic oxidation sites excluding steroid dienone is 1. The van der Waals surface area contributed by atoms with Crippen molar-refractivity contribution >= 4 is 6.09 Å². The number of carbonyl (C=O) groups excluding carboxylic acids is 1. The predicted octanol–water partition coefficient (Wildman–Crippen LogP) is 8.04. The highest BCUT2D eigenvalue weighted by atomic mass is 16.6. The number of amides is 1. The summed E-state index contributed by atoms with van der Waals surface area (Å²) in [6.07, 6.45) is 20.6. The summed E-state index contributed by atoms with van der Waals surface area (Å²) < 4.78 is 5.87. The van der Waals surface area contributed by atoms with Crippen molar-refractivity contribution in [3.63, 3.8) is 0 Å². The van der Waals surface area contributed by atoms with Gasteiger partial charge in [-0.3, -0.25) is 0 Å². The topological polar surface area (TPSA) is 58.6 Å². The van der Waals surface area contributed by atoms with Crippen LogP contribution in [0.25, 0.3) is 0 Å². The van der Waals surface area contributed by atoms with Crippen LogP contribution in [0.1, 0.15) is 124 Å². The maximum absolute atomic E-state index is 12.4. The molecule has 2 N–H and O–H groups in total. The summed E-state index contributed by atoms with van der Waals surface area (Å²) in [7, 11) is 0. The van der Waals surface area contributed by atoms with Crippen molar-refractivity contribution in [1.29, 1.82) is 0 Å². The van der Waals surface area contributed by atoms with Crippen LogP contribution in [0.4, 0.5) is 4.79 Å². The van der Waals surface area contributed by atoms with Gasteiger partial charge in [0.25, 0.3) is 0 Å². The Kier molecular flexibility index (Phi) is 9.50. The van der Waals surface area contributed by atoms with E-state index in [0.717, 1.165) is 68.1 Å². The second kappa shape index (κ2) is 12.2. The first-order valence-corrected chi connectivity index (χ1v) is 15.5. The van der Waals surface area contributed by atoms with Gasteiger partial charge in [-0.25, -0.2) is 4.79 Å². The zero-order valence-electron chi connectivity index (χ0n) is 23.8. The van der Waals surface area contributed by atoms with Crippen molar-refractivity contribution in [3.8, 4) is 0 Å². The molecule has 4 heteroatoms. The van der Waals surface area contributed by atoms with Gasteiger partial charge in [0.05, 0.1) is 0 Å². The minimum atomic E-state index is -0.247. The van der Waals surface area contributed by atoms with Crippen molar-refractivity contribution in [2.24, 2.45) is 40.4 Å². The van der Waals surface area contributed by atoms with Crippen molar-refractivity contribution in [1.82, 2.24) is 5.32 Å². The summed E-state index contributed by atoms with van der Waals surface area (Å²) in [5.74, 6) is 4.36. The number of rotatable bonds is 11. The molecule has 0 aromatic heterocycles. The van der Waals surface area contributed by atoms with Crippen LogP contribution in [0, 0.1) is 40.4 Å². The molecule has 0 saturated heterocycles. The zero-order chi connectivity index (χ0) is 25.8. The zero-order valence-corrected chi connectivity index (χ0v) is 23.8. The van der Waals surface area contributed by atoms with Gasteiger partial charge in [-0.2, -0.15) is 0 Å². The molecular formula is C32H55NO3. The summed E-state index contributed by atoms with van der Waals surface area (Å²) in [6.45, 7) is 10.9. The number of aliphatic hydroxyl groups excluding tert-OH is 1. The molecule has 0 spiro atoms. The van der Waals surface area contributed by atoms with Crippen LogP contribution in [-0.2, 0) is 4.74 Å². The third-order valence-corrected chi connectivity index (χ3v) is 11.2. The van der Waals surface area contributed by atoms with E-state index in [1.54, 1.807) is 5.57 Å². The number of ether oxygens (including phenoxy) is 1. The Hall–Kier alpha value is -1.03. The molecule has 0 heterocycles. The molecule has 0 bridgehead atoms.